The average molecular weight is 330 g/mol. The Kier molecular flexibility index (Phi) is 4.98. The molecule has 2 rings (SSSR count). The highest BCUT2D eigenvalue weighted by molar-refractivity contribution is 9.10. The molecule has 0 aromatic heterocycles. The first-order valence-electron chi connectivity index (χ1n) is 6.35. The van der Waals surface area contributed by atoms with Crippen LogP contribution in [0.2, 0.25) is 0 Å². The third-order valence-corrected chi connectivity index (χ3v) is 5.41. The van der Waals surface area contributed by atoms with Crippen LogP contribution in [0.3, 0.4) is 0 Å². The summed E-state index contributed by atoms with van der Waals surface area (Å²) in [5.74, 6) is 3.86. The van der Waals surface area contributed by atoms with Crippen molar-refractivity contribution in [3.05, 3.63) is 27.7 Å². The minimum absolute atomic E-state index is 0.382. The molecule has 2 atom stereocenters. The van der Waals surface area contributed by atoms with Crippen molar-refractivity contribution in [1.29, 1.82) is 0 Å². The minimum Gasteiger partial charge on any atom is -0.496 e. The lowest BCUT2D eigenvalue weighted by molar-refractivity contribution is 0.376. The topological polar surface area (TPSA) is 21.3 Å². The van der Waals surface area contributed by atoms with Crippen molar-refractivity contribution in [2.75, 3.05) is 19.4 Å². The molecule has 1 heterocycles. The zero-order valence-corrected chi connectivity index (χ0v) is 13.5. The number of rotatable bonds is 3. The molecule has 0 saturated carbocycles. The van der Waals surface area contributed by atoms with Crippen molar-refractivity contribution in [3.63, 3.8) is 0 Å². The molecule has 0 saturated heterocycles. The quantitative estimate of drug-likeness (QED) is 0.905. The number of hydrogen-bond acceptors (Lipinski definition) is 3. The van der Waals surface area contributed by atoms with E-state index in [2.05, 4.69) is 47.2 Å². The van der Waals surface area contributed by atoms with Gasteiger partial charge in [0.1, 0.15) is 5.75 Å². The predicted molar refractivity (Wildman–Crippen MR) is 82.4 cm³/mol. The number of methoxy groups -OCH3 is 1. The van der Waals surface area contributed by atoms with Gasteiger partial charge in [0.25, 0.3) is 0 Å². The Bertz CT molecular complexity index is 425. The van der Waals surface area contributed by atoms with Gasteiger partial charge in [-0.25, -0.2) is 0 Å². The third-order valence-electron chi connectivity index (χ3n) is 3.41. The van der Waals surface area contributed by atoms with Crippen LogP contribution in [0, 0.1) is 5.92 Å². The number of halogens is 1. The van der Waals surface area contributed by atoms with Gasteiger partial charge in [0, 0.05) is 21.8 Å². The molecule has 2 nitrogen and oxygen atoms in total. The standard InChI is InChI=1S/C14H20BrNOS/c1-4-16-14-9(2)7-18-8-10-11(15)5-6-12(17-3)13(10)14/h5-6,9,14,16H,4,7-8H2,1-3H3. The van der Waals surface area contributed by atoms with Crippen LogP contribution in [-0.4, -0.2) is 19.4 Å². The Morgan fingerprint density at radius 1 is 1.50 bits per heavy atom. The van der Waals surface area contributed by atoms with Crippen LogP contribution >= 0.6 is 27.7 Å². The van der Waals surface area contributed by atoms with E-state index in [1.807, 2.05) is 11.8 Å². The van der Waals surface area contributed by atoms with Gasteiger partial charge in [-0.3, -0.25) is 0 Å². The lowest BCUT2D eigenvalue weighted by Crippen LogP contribution is -2.28. The van der Waals surface area contributed by atoms with Crippen LogP contribution in [0.25, 0.3) is 0 Å². The summed E-state index contributed by atoms with van der Waals surface area (Å²) in [6.07, 6.45) is 0. The number of nitrogens with one attached hydrogen (secondary N) is 1. The predicted octanol–water partition coefficient (Wildman–Crippen LogP) is 3.99. The number of hydrogen-bond donors (Lipinski definition) is 1. The fourth-order valence-corrected chi connectivity index (χ4v) is 4.40. The van der Waals surface area contributed by atoms with Gasteiger partial charge in [-0.1, -0.05) is 29.8 Å². The van der Waals surface area contributed by atoms with E-state index in [1.54, 1.807) is 7.11 Å². The van der Waals surface area contributed by atoms with Crippen molar-refractivity contribution in [2.24, 2.45) is 5.92 Å². The van der Waals surface area contributed by atoms with Crippen LogP contribution in [0.5, 0.6) is 5.75 Å². The van der Waals surface area contributed by atoms with Gasteiger partial charge in [-0.15, -0.1) is 0 Å². The molecule has 0 bridgehead atoms. The summed E-state index contributed by atoms with van der Waals surface area (Å²) in [5.41, 5.74) is 2.72. The van der Waals surface area contributed by atoms with E-state index in [-0.39, 0.29) is 0 Å². The van der Waals surface area contributed by atoms with E-state index in [0.29, 0.717) is 12.0 Å². The van der Waals surface area contributed by atoms with E-state index in [0.717, 1.165) is 18.0 Å². The van der Waals surface area contributed by atoms with E-state index in [1.165, 1.54) is 21.4 Å². The SMILES string of the molecule is CCNC1c2c(OC)ccc(Br)c2CSCC1C. The molecular weight excluding hydrogens is 310 g/mol. The van der Waals surface area contributed by atoms with E-state index in [4.69, 9.17) is 4.74 Å². The van der Waals surface area contributed by atoms with Crippen LogP contribution in [0.15, 0.2) is 16.6 Å². The molecule has 1 N–H and O–H groups in total. The van der Waals surface area contributed by atoms with Gasteiger partial charge in [0.15, 0.2) is 0 Å². The Balaban J connectivity index is 2.54. The van der Waals surface area contributed by atoms with Crippen molar-refractivity contribution in [2.45, 2.75) is 25.6 Å². The Morgan fingerprint density at radius 3 is 2.94 bits per heavy atom. The van der Waals surface area contributed by atoms with Gasteiger partial charge in [0.05, 0.1) is 7.11 Å². The molecule has 0 fully saturated rings. The first-order valence-corrected chi connectivity index (χ1v) is 8.30. The van der Waals surface area contributed by atoms with Gasteiger partial charge >= 0.3 is 0 Å². The lowest BCUT2D eigenvalue weighted by atomic mass is 9.91. The van der Waals surface area contributed by atoms with Crippen molar-refractivity contribution in [1.82, 2.24) is 5.32 Å². The van der Waals surface area contributed by atoms with Gasteiger partial charge < -0.3 is 10.1 Å². The van der Waals surface area contributed by atoms with Crippen LogP contribution in [-0.2, 0) is 5.75 Å². The monoisotopic (exact) mass is 329 g/mol. The maximum atomic E-state index is 5.58. The molecule has 1 aliphatic rings. The van der Waals surface area contributed by atoms with Gasteiger partial charge in [0.2, 0.25) is 0 Å². The van der Waals surface area contributed by atoms with Crippen molar-refractivity contribution >= 4 is 27.7 Å². The highest BCUT2D eigenvalue weighted by Crippen LogP contribution is 2.42. The highest BCUT2D eigenvalue weighted by Gasteiger charge is 2.28. The summed E-state index contributed by atoms with van der Waals surface area (Å²) < 4.78 is 6.78. The molecule has 1 aromatic rings. The Morgan fingerprint density at radius 2 is 2.28 bits per heavy atom. The Labute approximate surface area is 122 Å². The van der Waals surface area contributed by atoms with E-state index in [9.17, 15) is 0 Å². The fraction of sp³-hybridized carbons (Fsp3) is 0.571. The smallest absolute Gasteiger partial charge is 0.124 e. The molecule has 100 valence electrons. The number of fused-ring (bicyclic) bond motifs is 1. The van der Waals surface area contributed by atoms with Gasteiger partial charge in [-0.2, -0.15) is 11.8 Å². The summed E-state index contributed by atoms with van der Waals surface area (Å²) in [7, 11) is 1.76. The first-order chi connectivity index (χ1) is 8.69. The fourth-order valence-electron chi connectivity index (χ4n) is 2.53. The first kappa shape index (κ1) is 14.2. The molecular formula is C14H20BrNOS. The van der Waals surface area contributed by atoms with E-state index >= 15 is 0 Å². The summed E-state index contributed by atoms with van der Waals surface area (Å²) in [6.45, 7) is 5.46. The molecule has 0 radical (unpaired) electrons. The molecule has 18 heavy (non-hydrogen) atoms. The highest BCUT2D eigenvalue weighted by atomic mass is 79.9. The minimum atomic E-state index is 0.382. The van der Waals surface area contributed by atoms with Crippen LogP contribution in [0.1, 0.15) is 31.0 Å². The number of benzene rings is 1. The normalized spacial score (nSPS) is 23.3. The molecule has 1 aliphatic heterocycles. The summed E-state index contributed by atoms with van der Waals surface area (Å²) >= 11 is 5.69. The summed E-state index contributed by atoms with van der Waals surface area (Å²) in [6, 6.07) is 4.54. The second-order valence-corrected chi connectivity index (χ2v) is 6.55. The molecule has 0 aliphatic carbocycles. The zero-order chi connectivity index (χ0) is 13.1. The summed E-state index contributed by atoms with van der Waals surface area (Å²) in [5, 5.41) is 3.62. The number of thioether (sulfide) groups is 1. The maximum absolute atomic E-state index is 5.58. The number of ether oxygens (including phenoxy) is 1. The molecule has 0 spiro atoms. The van der Waals surface area contributed by atoms with Gasteiger partial charge in [-0.05, 0) is 35.9 Å². The molecule has 4 heteroatoms. The summed E-state index contributed by atoms with van der Waals surface area (Å²) in [4.78, 5) is 0. The largest absolute Gasteiger partial charge is 0.496 e. The second kappa shape index (κ2) is 6.31. The Hall–Kier alpha value is -0.190. The molecule has 1 aromatic carbocycles. The van der Waals surface area contributed by atoms with Crippen molar-refractivity contribution < 1.29 is 4.74 Å². The van der Waals surface area contributed by atoms with Crippen LogP contribution in [0.4, 0.5) is 0 Å². The van der Waals surface area contributed by atoms with Crippen molar-refractivity contribution in [3.8, 4) is 5.75 Å². The van der Waals surface area contributed by atoms with Crippen LogP contribution < -0.4 is 10.1 Å². The second-order valence-electron chi connectivity index (χ2n) is 4.67. The maximum Gasteiger partial charge on any atom is 0.124 e. The van der Waals surface area contributed by atoms with E-state index < -0.39 is 0 Å². The average Bonchev–Trinajstić information content (AvgIpc) is 2.52. The lowest BCUT2D eigenvalue weighted by Gasteiger charge is -2.26. The molecule has 0 amide bonds. The third kappa shape index (κ3) is 2.70. The zero-order valence-electron chi connectivity index (χ0n) is 11.1. The molecule has 2 unspecified atom stereocenters.